The first-order valence-electron chi connectivity index (χ1n) is 24.7. The number of rotatable bonds is 47. The molecule has 0 rings (SSSR count). The molecule has 0 aromatic rings. The summed E-state index contributed by atoms with van der Waals surface area (Å²) in [6.45, 7) is 0.330. The average molecular weight is 979 g/mol. The van der Waals surface area contributed by atoms with Gasteiger partial charge in [0.2, 0.25) is 0 Å². The fourth-order valence-corrected chi connectivity index (χ4v) is 7.68. The molecule has 0 spiro atoms. The summed E-state index contributed by atoms with van der Waals surface area (Å²) in [5, 5.41) is 30.0. The van der Waals surface area contributed by atoms with Crippen LogP contribution in [-0.4, -0.2) is 95.0 Å². The Balaban J connectivity index is 3.91. The molecule has 0 aliphatic carbocycles. The third kappa shape index (κ3) is 46.8. The number of aliphatic hydroxyl groups is 3. The number of allylic oxidation sites excluding steroid dienone is 10. The second-order valence-corrected chi connectivity index (χ2v) is 19.4. The van der Waals surface area contributed by atoms with E-state index in [4.69, 9.17) is 9.47 Å². The maximum Gasteiger partial charge on any atom is 0.472 e. The van der Waals surface area contributed by atoms with Crippen molar-refractivity contribution in [1.82, 2.24) is 0 Å². The van der Waals surface area contributed by atoms with E-state index in [1.807, 2.05) is 0 Å². The van der Waals surface area contributed by atoms with Crippen molar-refractivity contribution in [2.75, 3.05) is 39.6 Å². The zero-order chi connectivity index (χ0) is 48.8. The number of phosphoric acid groups is 2. The van der Waals surface area contributed by atoms with Gasteiger partial charge in [0.1, 0.15) is 31.5 Å². The molecule has 0 fully saturated rings. The van der Waals surface area contributed by atoms with Crippen molar-refractivity contribution in [3.8, 4) is 0 Å². The minimum atomic E-state index is -4.79. The molecule has 0 radical (unpaired) electrons. The molecule has 5 atom stereocenters. The number of carbonyl (C=O) groups is 2. The van der Waals surface area contributed by atoms with Crippen molar-refractivity contribution in [1.29, 1.82) is 0 Å². The van der Waals surface area contributed by atoms with Crippen molar-refractivity contribution in [2.24, 2.45) is 0 Å². The Morgan fingerprint density at radius 2 is 0.697 bits per heavy atom. The van der Waals surface area contributed by atoms with Gasteiger partial charge in [-0.3, -0.25) is 27.7 Å². The summed E-state index contributed by atoms with van der Waals surface area (Å²) in [6.07, 6.45) is 43.4. The largest absolute Gasteiger partial charge is 0.472 e. The van der Waals surface area contributed by atoms with Crippen LogP contribution in [0.3, 0.4) is 0 Å². The highest BCUT2D eigenvalue weighted by atomic mass is 31.2. The molecule has 0 bridgehead atoms. The molecule has 0 saturated carbocycles. The zero-order valence-electron chi connectivity index (χ0n) is 40.3. The Labute approximate surface area is 397 Å². The molecule has 0 amide bonds. The summed E-state index contributed by atoms with van der Waals surface area (Å²) >= 11 is 0. The predicted octanol–water partition coefficient (Wildman–Crippen LogP) is 11.4. The molecular formula is C49H88O15P2. The second-order valence-electron chi connectivity index (χ2n) is 16.5. The van der Waals surface area contributed by atoms with Crippen molar-refractivity contribution >= 4 is 27.6 Å². The van der Waals surface area contributed by atoms with Gasteiger partial charge in [-0.2, -0.15) is 0 Å². The van der Waals surface area contributed by atoms with Gasteiger partial charge < -0.3 is 34.6 Å². The lowest BCUT2D eigenvalue weighted by molar-refractivity contribution is -0.148. The highest BCUT2D eigenvalue weighted by molar-refractivity contribution is 7.47. The standard InChI is InChI=1S/C49H88O15P2/c1-3-5-7-9-11-13-15-17-19-20-21-22-24-26-28-30-32-34-36-38-49(54)60-40-46(51)42-62-66(57,58)64-44-47(52)43-63-65(55,56)61-41-45(50)39-59-48(53)37-35-33-31-29-27-25-23-18-16-14-12-10-8-6-4-2/h11-14,16-19,21-22,45-47,50-52H,3-10,15,20,23-44H2,1-2H3,(H,55,56)(H,57,58)/b13-11-,14-12+,18-16+,19-17-,22-21-. The van der Waals surface area contributed by atoms with E-state index in [1.54, 1.807) is 0 Å². The molecule has 0 aliphatic rings. The van der Waals surface area contributed by atoms with E-state index in [0.717, 1.165) is 96.3 Å². The van der Waals surface area contributed by atoms with Crippen molar-refractivity contribution in [3.63, 3.8) is 0 Å². The predicted molar refractivity (Wildman–Crippen MR) is 260 cm³/mol. The van der Waals surface area contributed by atoms with E-state index in [2.05, 4.69) is 92.7 Å². The van der Waals surface area contributed by atoms with Gasteiger partial charge in [-0.25, -0.2) is 9.13 Å². The van der Waals surface area contributed by atoms with Crippen LogP contribution in [0.4, 0.5) is 0 Å². The molecule has 384 valence electrons. The smallest absolute Gasteiger partial charge is 0.463 e. The highest BCUT2D eigenvalue weighted by Crippen LogP contribution is 2.45. The van der Waals surface area contributed by atoms with Gasteiger partial charge >= 0.3 is 27.6 Å². The summed E-state index contributed by atoms with van der Waals surface area (Å²) in [5.74, 6) is -1.02. The number of esters is 2. The monoisotopic (exact) mass is 979 g/mol. The molecule has 0 aromatic heterocycles. The molecule has 0 heterocycles. The highest BCUT2D eigenvalue weighted by Gasteiger charge is 2.28. The van der Waals surface area contributed by atoms with E-state index in [9.17, 15) is 43.8 Å². The molecule has 5 unspecified atom stereocenters. The minimum Gasteiger partial charge on any atom is -0.463 e. The Kier molecular flexibility index (Phi) is 43.7. The topological polar surface area (TPSA) is 225 Å². The molecule has 0 aromatic carbocycles. The van der Waals surface area contributed by atoms with E-state index in [1.165, 1.54) is 44.9 Å². The number of ether oxygens (including phenoxy) is 2. The van der Waals surface area contributed by atoms with Gasteiger partial charge in [-0.05, 0) is 77.0 Å². The van der Waals surface area contributed by atoms with Crippen LogP contribution in [0.15, 0.2) is 60.8 Å². The van der Waals surface area contributed by atoms with Crippen LogP contribution in [0.25, 0.3) is 0 Å². The lowest BCUT2D eigenvalue weighted by atomic mass is 10.1. The lowest BCUT2D eigenvalue weighted by Crippen LogP contribution is -2.25. The molecule has 17 heteroatoms. The quantitative estimate of drug-likeness (QED) is 0.0126. The number of carbonyl (C=O) groups excluding carboxylic acids is 2. The summed E-state index contributed by atoms with van der Waals surface area (Å²) < 4.78 is 53.0. The SMILES string of the molecule is CCCCC/C=C\C/C=C\C/C=C\CCCCCCCCC(=O)OCC(O)COP(=O)(O)OCC(O)COP(=O)(O)OCC(O)COC(=O)CCCCCCCC/C=C/C=C/CCCCC. The second kappa shape index (κ2) is 45.2. The van der Waals surface area contributed by atoms with Crippen molar-refractivity contribution in [2.45, 2.75) is 199 Å². The van der Waals surface area contributed by atoms with Crippen LogP contribution < -0.4 is 0 Å². The first kappa shape index (κ1) is 63.7. The summed E-state index contributed by atoms with van der Waals surface area (Å²) in [7, 11) is -9.58. The van der Waals surface area contributed by atoms with Gasteiger partial charge in [0.25, 0.3) is 0 Å². The van der Waals surface area contributed by atoms with Crippen LogP contribution >= 0.6 is 15.6 Å². The van der Waals surface area contributed by atoms with Crippen LogP contribution in [0, 0.1) is 0 Å². The number of phosphoric ester groups is 2. The number of hydrogen-bond donors (Lipinski definition) is 5. The number of aliphatic hydroxyl groups excluding tert-OH is 3. The molecule has 0 saturated heterocycles. The first-order chi connectivity index (χ1) is 31.8. The average Bonchev–Trinajstić information content (AvgIpc) is 3.29. The third-order valence-electron chi connectivity index (χ3n) is 9.97. The lowest BCUT2D eigenvalue weighted by Gasteiger charge is -2.19. The van der Waals surface area contributed by atoms with E-state index >= 15 is 0 Å². The minimum absolute atomic E-state index is 0.180. The Morgan fingerprint density at radius 1 is 0.409 bits per heavy atom. The van der Waals surface area contributed by atoms with Gasteiger partial charge in [0.05, 0.1) is 26.4 Å². The van der Waals surface area contributed by atoms with Crippen LogP contribution in [0.5, 0.6) is 0 Å². The van der Waals surface area contributed by atoms with Gasteiger partial charge in [0, 0.05) is 12.8 Å². The first-order valence-corrected chi connectivity index (χ1v) is 27.6. The zero-order valence-corrected chi connectivity index (χ0v) is 42.1. The normalized spacial score (nSPS) is 15.6. The fraction of sp³-hybridized carbons (Fsp3) is 0.755. The van der Waals surface area contributed by atoms with E-state index in [0.29, 0.717) is 12.8 Å². The summed E-state index contributed by atoms with van der Waals surface area (Å²) in [5.41, 5.74) is 0. The molecule has 0 aliphatic heterocycles. The van der Waals surface area contributed by atoms with Crippen molar-refractivity contribution in [3.05, 3.63) is 60.8 Å². The van der Waals surface area contributed by atoms with Gasteiger partial charge in [-0.1, -0.05) is 152 Å². The van der Waals surface area contributed by atoms with Crippen molar-refractivity contribution < 1.29 is 71.4 Å². The summed E-state index contributed by atoms with van der Waals surface area (Å²) in [6, 6.07) is 0. The third-order valence-corrected chi connectivity index (χ3v) is 11.9. The number of unbranched alkanes of at least 4 members (excludes halogenated alkanes) is 18. The Hall–Kier alpha value is -2.26. The molecule has 66 heavy (non-hydrogen) atoms. The maximum absolute atomic E-state index is 12.2. The summed E-state index contributed by atoms with van der Waals surface area (Å²) in [4.78, 5) is 43.8. The van der Waals surface area contributed by atoms with Crippen LogP contribution in [0.2, 0.25) is 0 Å². The number of hydrogen-bond acceptors (Lipinski definition) is 13. The van der Waals surface area contributed by atoms with Crippen LogP contribution in [-0.2, 0) is 46.3 Å². The molecule has 15 nitrogen and oxygen atoms in total. The Bertz CT molecular complexity index is 1420. The van der Waals surface area contributed by atoms with E-state index < -0.39 is 85.5 Å². The Morgan fingerprint density at radius 3 is 1.06 bits per heavy atom. The van der Waals surface area contributed by atoms with Gasteiger partial charge in [-0.15, -0.1) is 0 Å². The fourth-order valence-electron chi connectivity index (χ4n) is 6.09. The molecular weight excluding hydrogens is 890 g/mol. The van der Waals surface area contributed by atoms with Crippen LogP contribution in [0.1, 0.15) is 181 Å². The van der Waals surface area contributed by atoms with E-state index in [-0.39, 0.29) is 12.8 Å². The van der Waals surface area contributed by atoms with Gasteiger partial charge in [0.15, 0.2) is 0 Å². The maximum atomic E-state index is 12.2. The molecule has 5 N–H and O–H groups in total.